The molecule has 3 rings (SSSR count). The lowest BCUT2D eigenvalue weighted by atomic mass is 10.1. The fraction of sp³-hybridized carbons (Fsp3) is 0.0714. The van der Waals surface area contributed by atoms with Crippen molar-refractivity contribution in [2.75, 3.05) is 7.11 Å². The van der Waals surface area contributed by atoms with Crippen LogP contribution in [0.25, 0.3) is 22.2 Å². The van der Waals surface area contributed by atoms with E-state index in [0.29, 0.717) is 5.88 Å². The molecule has 3 aromatic rings. The lowest BCUT2D eigenvalue weighted by Crippen LogP contribution is -1.88. The average Bonchev–Trinajstić information content (AvgIpc) is 2.82. The number of nitrogens with zero attached hydrogens (tertiary/aromatic N) is 1. The molecule has 0 aliphatic heterocycles. The molecule has 17 heavy (non-hydrogen) atoms. The maximum Gasteiger partial charge on any atom is 0.213 e. The Bertz CT molecular complexity index is 658. The van der Waals surface area contributed by atoms with Gasteiger partial charge in [-0.05, 0) is 12.1 Å². The molecule has 0 fully saturated rings. The van der Waals surface area contributed by atoms with E-state index >= 15 is 0 Å². The molecule has 0 aliphatic carbocycles. The number of hydrogen-bond acceptors (Lipinski definition) is 3. The normalized spacial score (nSPS) is 10.6. The lowest BCUT2D eigenvalue weighted by molar-refractivity contribution is 0.398. The highest BCUT2D eigenvalue weighted by Gasteiger charge is 2.08. The van der Waals surface area contributed by atoms with Crippen LogP contribution in [0.2, 0.25) is 0 Å². The van der Waals surface area contributed by atoms with Gasteiger partial charge in [0.2, 0.25) is 5.88 Å². The molecule has 84 valence electrons. The first-order valence-corrected chi connectivity index (χ1v) is 5.36. The third-order valence-electron chi connectivity index (χ3n) is 2.69. The molecule has 0 N–H and O–H groups in total. The molecule has 3 heteroatoms. The average molecular weight is 225 g/mol. The second-order valence-electron chi connectivity index (χ2n) is 3.71. The molecular formula is C14H11NO2. The number of hydrogen-bond donors (Lipinski definition) is 0. The minimum Gasteiger partial charge on any atom is -0.481 e. The topological polar surface area (TPSA) is 35.3 Å². The molecule has 3 nitrogen and oxygen atoms in total. The van der Waals surface area contributed by atoms with E-state index < -0.39 is 0 Å². The van der Waals surface area contributed by atoms with Gasteiger partial charge in [0.15, 0.2) is 0 Å². The van der Waals surface area contributed by atoms with Gasteiger partial charge < -0.3 is 9.15 Å². The Morgan fingerprint density at radius 1 is 1.06 bits per heavy atom. The minimum absolute atomic E-state index is 0.604. The Kier molecular flexibility index (Phi) is 2.29. The van der Waals surface area contributed by atoms with Crippen LogP contribution >= 0.6 is 0 Å². The molecule has 1 aromatic carbocycles. The van der Waals surface area contributed by atoms with Gasteiger partial charge in [0.05, 0.1) is 12.8 Å². The summed E-state index contributed by atoms with van der Waals surface area (Å²) in [6.07, 6.45) is 1.73. The van der Waals surface area contributed by atoms with E-state index in [1.54, 1.807) is 13.4 Å². The quantitative estimate of drug-likeness (QED) is 0.669. The highest BCUT2D eigenvalue weighted by atomic mass is 16.5. The predicted molar refractivity (Wildman–Crippen MR) is 66.0 cm³/mol. The van der Waals surface area contributed by atoms with Gasteiger partial charge >= 0.3 is 0 Å². The van der Waals surface area contributed by atoms with E-state index in [1.807, 2.05) is 42.5 Å². The fourth-order valence-electron chi connectivity index (χ4n) is 1.85. The van der Waals surface area contributed by atoms with Crippen molar-refractivity contribution in [2.45, 2.75) is 0 Å². The zero-order valence-electron chi connectivity index (χ0n) is 9.38. The lowest BCUT2D eigenvalue weighted by Gasteiger charge is -2.01. The zero-order valence-corrected chi connectivity index (χ0v) is 9.38. The number of rotatable bonds is 2. The summed E-state index contributed by atoms with van der Waals surface area (Å²) in [7, 11) is 1.61. The van der Waals surface area contributed by atoms with Gasteiger partial charge in [-0.25, -0.2) is 4.98 Å². The number of fused-ring (bicyclic) bond motifs is 1. The van der Waals surface area contributed by atoms with Gasteiger partial charge in [-0.1, -0.05) is 24.3 Å². The van der Waals surface area contributed by atoms with Gasteiger partial charge in [0, 0.05) is 17.0 Å². The summed E-state index contributed by atoms with van der Waals surface area (Å²) in [5.74, 6) is 0.604. The van der Waals surface area contributed by atoms with Crippen LogP contribution in [0.1, 0.15) is 0 Å². The van der Waals surface area contributed by atoms with E-state index in [1.165, 1.54) is 0 Å². The number of pyridine rings is 1. The molecular weight excluding hydrogens is 214 g/mol. The van der Waals surface area contributed by atoms with Crippen LogP contribution < -0.4 is 4.74 Å². The standard InChI is InChI=1S/C14H11NO2/c1-16-14-8-4-6-12(15-14)11-9-17-13-7-3-2-5-10(11)13/h2-9H,1H3. The Labute approximate surface area is 98.7 Å². The second-order valence-corrected chi connectivity index (χ2v) is 3.71. The van der Waals surface area contributed by atoms with Crippen LogP contribution in [0.3, 0.4) is 0 Å². The molecule has 0 atom stereocenters. The highest BCUT2D eigenvalue weighted by molar-refractivity contribution is 5.92. The number of ether oxygens (including phenoxy) is 1. The molecule has 2 aromatic heterocycles. The van der Waals surface area contributed by atoms with Crippen molar-refractivity contribution in [3.8, 4) is 17.1 Å². The minimum atomic E-state index is 0.604. The molecule has 2 heterocycles. The molecule has 0 radical (unpaired) electrons. The fourth-order valence-corrected chi connectivity index (χ4v) is 1.85. The van der Waals surface area contributed by atoms with Crippen LogP contribution in [-0.2, 0) is 0 Å². The van der Waals surface area contributed by atoms with Crippen molar-refractivity contribution in [3.63, 3.8) is 0 Å². The molecule has 0 saturated carbocycles. The number of methoxy groups -OCH3 is 1. The van der Waals surface area contributed by atoms with E-state index in [-0.39, 0.29) is 0 Å². The van der Waals surface area contributed by atoms with Gasteiger partial charge in [0.1, 0.15) is 11.8 Å². The summed E-state index contributed by atoms with van der Waals surface area (Å²) in [6, 6.07) is 13.6. The summed E-state index contributed by atoms with van der Waals surface area (Å²) in [5.41, 5.74) is 2.71. The van der Waals surface area contributed by atoms with Crippen molar-refractivity contribution < 1.29 is 9.15 Å². The van der Waals surface area contributed by atoms with Gasteiger partial charge in [0.25, 0.3) is 0 Å². The van der Waals surface area contributed by atoms with Crippen LogP contribution in [0.5, 0.6) is 5.88 Å². The smallest absolute Gasteiger partial charge is 0.213 e. The van der Waals surface area contributed by atoms with E-state index in [2.05, 4.69) is 4.98 Å². The molecule has 0 aliphatic rings. The molecule has 0 spiro atoms. The van der Waals surface area contributed by atoms with Crippen molar-refractivity contribution >= 4 is 11.0 Å². The number of furan rings is 1. The van der Waals surface area contributed by atoms with E-state index in [9.17, 15) is 0 Å². The van der Waals surface area contributed by atoms with Gasteiger partial charge in [-0.2, -0.15) is 0 Å². The summed E-state index contributed by atoms with van der Waals surface area (Å²) < 4.78 is 10.6. The monoisotopic (exact) mass is 225 g/mol. The molecule has 0 bridgehead atoms. The Morgan fingerprint density at radius 3 is 2.82 bits per heavy atom. The number of para-hydroxylation sites is 1. The third kappa shape index (κ3) is 1.65. The third-order valence-corrected chi connectivity index (χ3v) is 2.69. The number of benzene rings is 1. The number of aromatic nitrogens is 1. The van der Waals surface area contributed by atoms with Crippen LogP contribution in [0, 0.1) is 0 Å². The van der Waals surface area contributed by atoms with Gasteiger partial charge in [-0.3, -0.25) is 0 Å². The van der Waals surface area contributed by atoms with E-state index in [0.717, 1.165) is 22.2 Å². The van der Waals surface area contributed by atoms with Crippen molar-refractivity contribution in [1.82, 2.24) is 4.98 Å². The highest BCUT2D eigenvalue weighted by Crippen LogP contribution is 2.29. The molecule has 0 amide bonds. The largest absolute Gasteiger partial charge is 0.481 e. The van der Waals surface area contributed by atoms with Crippen molar-refractivity contribution in [3.05, 3.63) is 48.7 Å². The maximum absolute atomic E-state index is 5.50. The Morgan fingerprint density at radius 2 is 1.94 bits per heavy atom. The SMILES string of the molecule is COc1cccc(-c2coc3ccccc23)n1. The summed E-state index contributed by atoms with van der Waals surface area (Å²) in [6.45, 7) is 0. The molecule has 0 saturated heterocycles. The molecule has 0 unspecified atom stereocenters. The summed E-state index contributed by atoms with van der Waals surface area (Å²) in [5, 5.41) is 1.06. The zero-order chi connectivity index (χ0) is 11.7. The van der Waals surface area contributed by atoms with Crippen molar-refractivity contribution in [2.24, 2.45) is 0 Å². The van der Waals surface area contributed by atoms with Crippen LogP contribution in [-0.4, -0.2) is 12.1 Å². The van der Waals surface area contributed by atoms with Gasteiger partial charge in [-0.15, -0.1) is 0 Å². The first-order chi connectivity index (χ1) is 8.38. The van der Waals surface area contributed by atoms with Crippen LogP contribution in [0.15, 0.2) is 53.1 Å². The summed E-state index contributed by atoms with van der Waals surface area (Å²) >= 11 is 0. The van der Waals surface area contributed by atoms with Crippen LogP contribution in [0.4, 0.5) is 0 Å². The summed E-state index contributed by atoms with van der Waals surface area (Å²) in [4.78, 5) is 4.40. The first-order valence-electron chi connectivity index (χ1n) is 5.36. The Balaban J connectivity index is 2.20. The maximum atomic E-state index is 5.50. The second kappa shape index (κ2) is 3.94. The first kappa shape index (κ1) is 9.90. The van der Waals surface area contributed by atoms with Crippen molar-refractivity contribution in [1.29, 1.82) is 0 Å². The predicted octanol–water partition coefficient (Wildman–Crippen LogP) is 3.50. The Hall–Kier alpha value is -2.29. The van der Waals surface area contributed by atoms with E-state index in [4.69, 9.17) is 9.15 Å².